The number of hydrogen-bond donors (Lipinski definition) is 0. The largest absolute Gasteiger partial charge is 0.871 e. The topological polar surface area (TPSA) is 72.7 Å². The molecule has 0 atom stereocenters. The summed E-state index contributed by atoms with van der Waals surface area (Å²) in [5, 5.41) is 13.4. The van der Waals surface area contributed by atoms with Gasteiger partial charge in [0.15, 0.2) is 18.0 Å². The summed E-state index contributed by atoms with van der Waals surface area (Å²) in [5.41, 5.74) is 4.75. The molecule has 6 heteroatoms. The number of rotatable bonds is 15. The number of carbonyl (C=O) groups excluding carboxylic acids is 2. The fourth-order valence-corrected chi connectivity index (χ4v) is 5.80. The van der Waals surface area contributed by atoms with E-state index >= 15 is 0 Å². The monoisotopic (exact) mass is 570 g/mol. The summed E-state index contributed by atoms with van der Waals surface area (Å²) in [6, 6.07) is 15.9. The third-order valence-corrected chi connectivity index (χ3v) is 8.41. The average molecular weight is 571 g/mol. The maximum Gasteiger partial charge on any atom is 0.312 e. The Morgan fingerprint density at radius 2 is 1.60 bits per heavy atom. The van der Waals surface area contributed by atoms with Crippen molar-refractivity contribution in [2.24, 2.45) is 0 Å². The molecule has 0 amide bonds. The minimum absolute atomic E-state index is 0.202. The van der Waals surface area contributed by atoms with E-state index in [0.717, 1.165) is 74.3 Å². The van der Waals surface area contributed by atoms with E-state index < -0.39 is 5.41 Å². The molecule has 0 saturated carbocycles. The number of anilines is 1. The van der Waals surface area contributed by atoms with Gasteiger partial charge in [-0.15, -0.1) is 0 Å². The number of para-hydroxylation sites is 1. The van der Waals surface area contributed by atoms with Crippen LogP contribution in [-0.2, 0) is 19.7 Å². The Labute approximate surface area is 251 Å². The molecule has 0 radical (unpaired) electrons. The van der Waals surface area contributed by atoms with Crippen LogP contribution in [0.3, 0.4) is 0 Å². The zero-order chi connectivity index (χ0) is 30.3. The first-order valence-corrected chi connectivity index (χ1v) is 15.7. The van der Waals surface area contributed by atoms with Crippen LogP contribution in [0.25, 0.3) is 5.57 Å². The average Bonchev–Trinajstić information content (AvgIpc) is 3.21. The summed E-state index contributed by atoms with van der Waals surface area (Å²) in [6.45, 7) is 13.5. The van der Waals surface area contributed by atoms with Gasteiger partial charge in [0.05, 0.1) is 12.0 Å². The lowest BCUT2D eigenvalue weighted by Gasteiger charge is -2.31. The highest BCUT2D eigenvalue weighted by atomic mass is 16.5. The third kappa shape index (κ3) is 6.53. The number of esters is 1. The molecule has 4 rings (SSSR count). The molecule has 0 fully saturated rings. The molecule has 0 spiro atoms. The van der Waals surface area contributed by atoms with E-state index in [1.807, 2.05) is 42.5 Å². The van der Waals surface area contributed by atoms with Gasteiger partial charge in [-0.05, 0) is 50.8 Å². The molecule has 2 aromatic carbocycles. The van der Waals surface area contributed by atoms with Gasteiger partial charge in [0.1, 0.15) is 6.42 Å². The maximum absolute atomic E-state index is 13.4. The quantitative estimate of drug-likeness (QED) is 0.106. The number of fused-ring (bicyclic) bond motifs is 1. The van der Waals surface area contributed by atoms with Crippen LogP contribution in [0.1, 0.15) is 90.7 Å². The van der Waals surface area contributed by atoms with Gasteiger partial charge in [-0.3, -0.25) is 9.59 Å². The number of nitrogens with zero attached hydrogens (tertiary/aromatic N) is 2. The summed E-state index contributed by atoms with van der Waals surface area (Å²) in [5.74, 6) is -0.685. The van der Waals surface area contributed by atoms with Crippen LogP contribution in [0.2, 0.25) is 0 Å². The van der Waals surface area contributed by atoms with Gasteiger partial charge in [0.25, 0.3) is 0 Å². The number of hydrogen-bond acceptors (Lipinski definition) is 5. The van der Waals surface area contributed by atoms with E-state index in [-0.39, 0.29) is 35.1 Å². The van der Waals surface area contributed by atoms with Gasteiger partial charge < -0.3 is 14.7 Å². The molecule has 0 aromatic heterocycles. The van der Waals surface area contributed by atoms with Crippen LogP contribution in [0, 0.1) is 0 Å². The Hall–Kier alpha value is -3.67. The Morgan fingerprint density at radius 1 is 0.952 bits per heavy atom. The van der Waals surface area contributed by atoms with Crippen molar-refractivity contribution in [2.75, 3.05) is 31.1 Å². The highest BCUT2D eigenvalue weighted by Crippen LogP contribution is 2.42. The van der Waals surface area contributed by atoms with Crippen molar-refractivity contribution in [1.29, 1.82) is 0 Å². The summed E-state index contributed by atoms with van der Waals surface area (Å²) >= 11 is 0. The maximum atomic E-state index is 13.4. The molecule has 1 heterocycles. The zero-order valence-corrected chi connectivity index (χ0v) is 26.0. The number of ketones is 1. The molecule has 2 aliphatic rings. The van der Waals surface area contributed by atoms with E-state index in [9.17, 15) is 14.7 Å². The molecular formula is C36H46N2O4. The Bertz CT molecular complexity index is 1370. The van der Waals surface area contributed by atoms with E-state index in [0.29, 0.717) is 18.7 Å². The number of Topliss-reactive ketones (excluding diaryl/α,β-unsaturated/α-hetero) is 1. The smallest absolute Gasteiger partial charge is 0.312 e. The molecule has 42 heavy (non-hydrogen) atoms. The highest BCUT2D eigenvalue weighted by molar-refractivity contribution is 6.40. The second-order valence-electron chi connectivity index (χ2n) is 11.8. The number of carbonyl (C=O) groups is 2. The summed E-state index contributed by atoms with van der Waals surface area (Å²) in [4.78, 5) is 28.2. The van der Waals surface area contributed by atoms with Gasteiger partial charge in [-0.25, -0.2) is 0 Å². The van der Waals surface area contributed by atoms with Gasteiger partial charge >= 0.3 is 5.97 Å². The Balaban J connectivity index is 1.61. The van der Waals surface area contributed by atoms with Crippen molar-refractivity contribution in [1.82, 2.24) is 0 Å². The number of allylic oxidation sites excluding steroid dienone is 3. The molecule has 6 nitrogen and oxygen atoms in total. The summed E-state index contributed by atoms with van der Waals surface area (Å²) in [7, 11) is 0. The fraction of sp³-hybridized carbons (Fsp3) is 0.472. The van der Waals surface area contributed by atoms with Crippen molar-refractivity contribution in [3.05, 3.63) is 77.1 Å². The lowest BCUT2D eigenvalue weighted by molar-refractivity contribution is -0.436. The van der Waals surface area contributed by atoms with Crippen LogP contribution in [-0.4, -0.2) is 48.3 Å². The van der Waals surface area contributed by atoms with Crippen LogP contribution in [0.4, 0.5) is 11.4 Å². The lowest BCUT2D eigenvalue weighted by atomic mass is 9.77. The minimum atomic E-state index is -0.436. The molecule has 0 saturated heterocycles. The first-order chi connectivity index (χ1) is 20.2. The van der Waals surface area contributed by atoms with Crippen molar-refractivity contribution < 1.29 is 24.0 Å². The summed E-state index contributed by atoms with van der Waals surface area (Å²) in [6.07, 6.45) is 8.32. The van der Waals surface area contributed by atoms with Gasteiger partial charge in [0, 0.05) is 47.6 Å². The van der Waals surface area contributed by atoms with Gasteiger partial charge in [0.2, 0.25) is 5.69 Å². The molecule has 224 valence electrons. The minimum Gasteiger partial charge on any atom is -0.871 e. The molecule has 2 aromatic rings. The molecular weight excluding hydrogens is 524 g/mol. The first-order valence-electron chi connectivity index (χ1n) is 15.7. The van der Waals surface area contributed by atoms with Crippen molar-refractivity contribution in [3.63, 3.8) is 0 Å². The molecule has 1 aliphatic carbocycles. The third-order valence-electron chi connectivity index (χ3n) is 8.41. The predicted molar refractivity (Wildman–Crippen MR) is 168 cm³/mol. The Morgan fingerprint density at radius 3 is 2.21 bits per heavy atom. The van der Waals surface area contributed by atoms with Crippen LogP contribution < -0.4 is 10.0 Å². The number of benzene rings is 2. The summed E-state index contributed by atoms with van der Waals surface area (Å²) < 4.78 is 7.45. The van der Waals surface area contributed by atoms with Gasteiger partial charge in [-0.2, -0.15) is 4.58 Å². The standard InChI is InChI=1S/C36H46N2O4/c1-6-9-21-37(22-10-7-2)27-18-16-26(17-19-27)33-34(40)28(35(33)41)25-31-36(4,5)29-14-12-13-15-30(29)38(31)23-20-32(39)42-24-11-8-3/h12-19,25H,6-11,20-24H2,1-5H3. The highest BCUT2D eigenvalue weighted by Gasteiger charge is 2.45. The number of unbranched alkanes of at least 4 members (excludes halogenated alkanes) is 3. The van der Waals surface area contributed by atoms with Crippen molar-refractivity contribution in [3.8, 4) is 0 Å². The molecule has 0 N–H and O–H groups in total. The molecule has 0 unspecified atom stereocenters. The van der Waals surface area contributed by atoms with Crippen LogP contribution >= 0.6 is 0 Å². The first kappa shape index (κ1) is 31.3. The normalized spacial score (nSPS) is 16.6. The van der Waals surface area contributed by atoms with Crippen LogP contribution in [0.5, 0.6) is 0 Å². The lowest BCUT2D eigenvalue weighted by Crippen LogP contribution is -2.34. The van der Waals surface area contributed by atoms with E-state index in [1.54, 1.807) is 6.08 Å². The van der Waals surface area contributed by atoms with E-state index in [1.165, 1.54) is 0 Å². The van der Waals surface area contributed by atoms with Crippen molar-refractivity contribution in [2.45, 2.75) is 85.0 Å². The van der Waals surface area contributed by atoms with Crippen molar-refractivity contribution >= 4 is 34.4 Å². The fourth-order valence-electron chi connectivity index (χ4n) is 5.80. The SMILES string of the molecule is CCCCOC(=O)CC[N+]1=C(/C=C2\C(=O)C(c3ccc(N(CCCC)CCCC)cc3)=C2[O-])C(C)(C)c2ccccc21. The zero-order valence-electron chi connectivity index (χ0n) is 26.0. The second-order valence-corrected chi connectivity index (χ2v) is 11.8. The molecule has 0 bridgehead atoms. The van der Waals surface area contributed by atoms with Crippen LogP contribution in [0.15, 0.2) is 65.9 Å². The van der Waals surface area contributed by atoms with E-state index in [4.69, 9.17) is 4.74 Å². The van der Waals surface area contributed by atoms with E-state index in [2.05, 4.69) is 50.2 Å². The van der Waals surface area contributed by atoms with Gasteiger partial charge in [-0.1, -0.05) is 76.1 Å². The predicted octanol–water partition coefficient (Wildman–Crippen LogP) is 6.48. The molecule has 1 aliphatic heterocycles. The second kappa shape index (κ2) is 14.0. The Kier molecular flexibility index (Phi) is 10.4. The number of ether oxygens (including phenoxy) is 1.